The van der Waals surface area contributed by atoms with Gasteiger partial charge in [-0.1, -0.05) is 30.3 Å². The molecule has 1 aromatic heterocycles. The molecular formula is C13H12N4O2. The monoisotopic (exact) mass is 256 g/mol. The van der Waals surface area contributed by atoms with Crippen LogP contribution < -0.4 is 4.90 Å². The van der Waals surface area contributed by atoms with Crippen LogP contribution in [0.5, 0.6) is 0 Å². The molecule has 1 aromatic carbocycles. The van der Waals surface area contributed by atoms with E-state index in [9.17, 15) is 9.59 Å². The number of carbonyl (C=O) groups is 2. The maximum absolute atomic E-state index is 11.9. The third kappa shape index (κ3) is 2.79. The summed E-state index contributed by atoms with van der Waals surface area (Å²) in [6, 6.07) is 8.32. The van der Waals surface area contributed by atoms with Gasteiger partial charge in [-0.05, 0) is 0 Å². The summed E-state index contributed by atoms with van der Waals surface area (Å²) in [5.74, 6) is -0.950. The molecule has 0 amide bonds. The van der Waals surface area contributed by atoms with Crippen molar-refractivity contribution in [2.24, 2.45) is 0 Å². The molecule has 0 spiro atoms. The number of hydrogen-bond donors (Lipinski definition) is 0. The quantitative estimate of drug-likeness (QED) is 0.600. The first kappa shape index (κ1) is 12.8. The van der Waals surface area contributed by atoms with Crippen LogP contribution in [-0.2, 0) is 0 Å². The fourth-order valence-corrected chi connectivity index (χ4v) is 1.42. The Kier molecular flexibility index (Phi) is 3.61. The van der Waals surface area contributed by atoms with Gasteiger partial charge in [0.25, 0.3) is 5.78 Å². The summed E-state index contributed by atoms with van der Waals surface area (Å²) in [6.07, 6.45) is 1.26. The molecule has 0 N–H and O–H groups in total. The summed E-state index contributed by atoms with van der Waals surface area (Å²) in [6.45, 7) is 0. The highest BCUT2D eigenvalue weighted by Gasteiger charge is 2.20. The van der Waals surface area contributed by atoms with Gasteiger partial charge >= 0.3 is 0 Å². The SMILES string of the molecule is CN(C)c1ncc(C(=O)C(=O)c2ccccc2)nn1. The van der Waals surface area contributed by atoms with Crippen LogP contribution in [0.3, 0.4) is 0 Å². The number of hydrogen-bond acceptors (Lipinski definition) is 6. The van der Waals surface area contributed by atoms with E-state index in [2.05, 4.69) is 15.2 Å². The molecule has 0 saturated carbocycles. The second-order valence-corrected chi connectivity index (χ2v) is 4.06. The molecule has 0 fully saturated rings. The van der Waals surface area contributed by atoms with Crippen LogP contribution in [0.2, 0.25) is 0 Å². The van der Waals surface area contributed by atoms with Gasteiger partial charge in [0, 0.05) is 19.7 Å². The minimum absolute atomic E-state index is 0.0561. The number of benzene rings is 1. The van der Waals surface area contributed by atoms with Crippen LogP contribution in [0.25, 0.3) is 0 Å². The maximum Gasteiger partial charge on any atom is 0.255 e. The standard InChI is InChI=1S/C13H12N4O2/c1-17(2)13-14-8-10(15-16-13)12(19)11(18)9-6-4-3-5-7-9/h3-8H,1-2H3. The van der Waals surface area contributed by atoms with Crippen molar-refractivity contribution in [2.45, 2.75) is 0 Å². The largest absolute Gasteiger partial charge is 0.346 e. The molecule has 0 aliphatic carbocycles. The van der Waals surface area contributed by atoms with E-state index in [1.807, 2.05) is 0 Å². The molecular weight excluding hydrogens is 244 g/mol. The van der Waals surface area contributed by atoms with Crippen molar-refractivity contribution in [3.8, 4) is 0 Å². The van der Waals surface area contributed by atoms with Crippen molar-refractivity contribution in [3.63, 3.8) is 0 Å². The minimum Gasteiger partial charge on any atom is -0.346 e. The predicted molar refractivity (Wildman–Crippen MR) is 69.3 cm³/mol. The molecule has 0 unspecified atom stereocenters. The summed E-state index contributed by atoms with van der Waals surface area (Å²) in [5, 5.41) is 7.49. The molecule has 6 heteroatoms. The van der Waals surface area contributed by atoms with Gasteiger partial charge in [0.05, 0.1) is 6.20 Å². The number of nitrogens with zero attached hydrogens (tertiary/aromatic N) is 4. The molecule has 0 aliphatic heterocycles. The van der Waals surface area contributed by atoms with Gasteiger partial charge in [-0.3, -0.25) is 9.59 Å². The Labute approximate surface area is 110 Å². The summed E-state index contributed by atoms with van der Waals surface area (Å²) < 4.78 is 0. The molecule has 0 atom stereocenters. The molecule has 2 rings (SSSR count). The Morgan fingerprint density at radius 1 is 1.00 bits per heavy atom. The molecule has 0 radical (unpaired) electrons. The zero-order valence-corrected chi connectivity index (χ0v) is 10.6. The normalized spacial score (nSPS) is 10.0. The number of anilines is 1. The van der Waals surface area contributed by atoms with E-state index in [4.69, 9.17) is 0 Å². The summed E-state index contributed by atoms with van der Waals surface area (Å²) in [4.78, 5) is 29.4. The lowest BCUT2D eigenvalue weighted by atomic mass is 10.1. The second-order valence-electron chi connectivity index (χ2n) is 4.06. The lowest BCUT2D eigenvalue weighted by Crippen LogP contribution is -2.19. The van der Waals surface area contributed by atoms with E-state index < -0.39 is 11.6 Å². The highest BCUT2D eigenvalue weighted by molar-refractivity contribution is 6.48. The zero-order chi connectivity index (χ0) is 13.8. The Balaban J connectivity index is 2.22. The van der Waals surface area contributed by atoms with Crippen molar-refractivity contribution in [2.75, 3.05) is 19.0 Å². The smallest absolute Gasteiger partial charge is 0.255 e. The highest BCUT2D eigenvalue weighted by Crippen LogP contribution is 2.06. The predicted octanol–water partition coefficient (Wildman–Crippen LogP) is 1.00. The van der Waals surface area contributed by atoms with E-state index in [-0.39, 0.29) is 5.69 Å². The van der Waals surface area contributed by atoms with Gasteiger partial charge in [0.2, 0.25) is 11.7 Å². The summed E-state index contributed by atoms with van der Waals surface area (Å²) in [7, 11) is 3.52. The van der Waals surface area contributed by atoms with E-state index >= 15 is 0 Å². The van der Waals surface area contributed by atoms with Gasteiger partial charge in [-0.2, -0.15) is 0 Å². The first-order chi connectivity index (χ1) is 9.09. The summed E-state index contributed by atoms with van der Waals surface area (Å²) in [5.41, 5.74) is 0.269. The first-order valence-electron chi connectivity index (χ1n) is 5.60. The van der Waals surface area contributed by atoms with Crippen molar-refractivity contribution in [1.82, 2.24) is 15.2 Å². The number of ketones is 2. The average molecular weight is 256 g/mol. The maximum atomic E-state index is 11.9. The number of carbonyl (C=O) groups excluding carboxylic acids is 2. The third-order valence-electron chi connectivity index (χ3n) is 2.42. The molecule has 0 saturated heterocycles. The van der Waals surface area contributed by atoms with Crippen molar-refractivity contribution in [3.05, 3.63) is 47.8 Å². The zero-order valence-electron chi connectivity index (χ0n) is 10.6. The highest BCUT2D eigenvalue weighted by atomic mass is 16.2. The van der Waals surface area contributed by atoms with E-state index in [0.717, 1.165) is 0 Å². The van der Waals surface area contributed by atoms with E-state index in [1.54, 1.807) is 49.3 Å². The molecule has 0 aliphatic rings. The van der Waals surface area contributed by atoms with Crippen LogP contribution >= 0.6 is 0 Å². The van der Waals surface area contributed by atoms with E-state index in [1.165, 1.54) is 6.20 Å². The van der Waals surface area contributed by atoms with Crippen LogP contribution in [-0.4, -0.2) is 40.8 Å². The molecule has 2 aromatic rings. The lowest BCUT2D eigenvalue weighted by molar-refractivity contribution is 0.0813. The van der Waals surface area contributed by atoms with Crippen molar-refractivity contribution in [1.29, 1.82) is 0 Å². The van der Waals surface area contributed by atoms with Gasteiger partial charge in [0.1, 0.15) is 0 Å². The third-order valence-corrected chi connectivity index (χ3v) is 2.42. The number of aromatic nitrogens is 3. The van der Waals surface area contributed by atoms with Gasteiger partial charge in [0.15, 0.2) is 5.69 Å². The lowest BCUT2D eigenvalue weighted by Gasteiger charge is -2.07. The van der Waals surface area contributed by atoms with Crippen LogP contribution in [0, 0.1) is 0 Å². The summed E-state index contributed by atoms with van der Waals surface area (Å²) >= 11 is 0. The molecule has 0 bridgehead atoms. The second kappa shape index (κ2) is 5.34. The Morgan fingerprint density at radius 2 is 1.68 bits per heavy atom. The number of Topliss-reactive ketones (excluding diaryl/α,β-unsaturated/α-hetero) is 2. The molecule has 19 heavy (non-hydrogen) atoms. The Bertz CT molecular complexity index is 594. The molecule has 6 nitrogen and oxygen atoms in total. The molecule has 1 heterocycles. The van der Waals surface area contributed by atoms with Gasteiger partial charge < -0.3 is 4.90 Å². The fraction of sp³-hybridized carbons (Fsp3) is 0.154. The Morgan fingerprint density at radius 3 is 2.21 bits per heavy atom. The topological polar surface area (TPSA) is 76.1 Å². The average Bonchev–Trinajstić information content (AvgIpc) is 2.46. The van der Waals surface area contributed by atoms with E-state index in [0.29, 0.717) is 11.5 Å². The van der Waals surface area contributed by atoms with Crippen molar-refractivity contribution >= 4 is 17.5 Å². The fourth-order valence-electron chi connectivity index (χ4n) is 1.42. The van der Waals surface area contributed by atoms with Crippen molar-refractivity contribution < 1.29 is 9.59 Å². The Hall–Kier alpha value is -2.63. The van der Waals surface area contributed by atoms with Crippen LogP contribution in [0.4, 0.5) is 5.95 Å². The van der Waals surface area contributed by atoms with Crippen LogP contribution in [0.15, 0.2) is 36.5 Å². The molecule has 96 valence electrons. The van der Waals surface area contributed by atoms with Gasteiger partial charge in [-0.15, -0.1) is 10.2 Å². The first-order valence-corrected chi connectivity index (χ1v) is 5.60. The van der Waals surface area contributed by atoms with Crippen LogP contribution in [0.1, 0.15) is 20.8 Å². The minimum atomic E-state index is -0.712. The number of rotatable bonds is 4. The van der Waals surface area contributed by atoms with Gasteiger partial charge in [-0.25, -0.2) is 4.98 Å².